The molecule has 2 atom stereocenters. The first-order valence-corrected chi connectivity index (χ1v) is 11.4. The number of nitrogens with one attached hydrogen (secondary N) is 1. The van der Waals surface area contributed by atoms with Crippen molar-refractivity contribution < 1.29 is 9.59 Å². The van der Waals surface area contributed by atoms with Gasteiger partial charge in [0.25, 0.3) is 5.91 Å². The second-order valence-electron chi connectivity index (χ2n) is 8.26. The standard InChI is InChI=1S/C22H31Cl2N3O2/c1-3-15(2)25-21(28)20(16-6-4-5-7-16)26-10-12-27(13-11-26)22(29)17-8-9-18(23)19(24)14-17/h8-9,14-16,20H,3-7,10-13H2,1-2H3,(H,25,28). The third-order valence-corrected chi connectivity index (χ3v) is 7.02. The quantitative estimate of drug-likeness (QED) is 0.721. The summed E-state index contributed by atoms with van der Waals surface area (Å²) in [5, 5.41) is 4.02. The van der Waals surface area contributed by atoms with E-state index in [9.17, 15) is 9.59 Å². The first kappa shape index (κ1) is 22.4. The molecule has 2 amide bonds. The van der Waals surface area contributed by atoms with Crippen LogP contribution in [0.25, 0.3) is 0 Å². The summed E-state index contributed by atoms with van der Waals surface area (Å²) >= 11 is 12.0. The number of piperazine rings is 1. The molecule has 7 heteroatoms. The molecule has 5 nitrogen and oxygen atoms in total. The lowest BCUT2D eigenvalue weighted by Gasteiger charge is -2.41. The van der Waals surface area contributed by atoms with Crippen molar-refractivity contribution >= 4 is 35.0 Å². The van der Waals surface area contributed by atoms with Gasteiger partial charge in [-0.1, -0.05) is 43.0 Å². The van der Waals surface area contributed by atoms with E-state index < -0.39 is 0 Å². The van der Waals surface area contributed by atoms with Crippen molar-refractivity contribution in [3.05, 3.63) is 33.8 Å². The minimum absolute atomic E-state index is 0.0373. The highest BCUT2D eigenvalue weighted by Crippen LogP contribution is 2.31. The number of hydrogen-bond acceptors (Lipinski definition) is 3. The van der Waals surface area contributed by atoms with Gasteiger partial charge in [-0.05, 0) is 50.3 Å². The van der Waals surface area contributed by atoms with Crippen molar-refractivity contribution in [1.29, 1.82) is 0 Å². The van der Waals surface area contributed by atoms with Gasteiger partial charge >= 0.3 is 0 Å². The highest BCUT2D eigenvalue weighted by Gasteiger charge is 2.37. The van der Waals surface area contributed by atoms with Gasteiger partial charge in [0.1, 0.15) is 0 Å². The van der Waals surface area contributed by atoms with Crippen LogP contribution in [0.2, 0.25) is 10.0 Å². The number of rotatable bonds is 6. The summed E-state index contributed by atoms with van der Waals surface area (Å²) in [7, 11) is 0. The third kappa shape index (κ3) is 5.44. The summed E-state index contributed by atoms with van der Waals surface area (Å²) in [6.07, 6.45) is 5.55. The zero-order valence-electron chi connectivity index (χ0n) is 17.3. The second kappa shape index (κ2) is 10.1. The molecule has 1 aromatic rings. The first-order chi connectivity index (χ1) is 13.9. The fraction of sp³-hybridized carbons (Fsp3) is 0.636. The Kier molecular flexibility index (Phi) is 7.83. The van der Waals surface area contributed by atoms with E-state index in [0.29, 0.717) is 47.7 Å². The van der Waals surface area contributed by atoms with Crippen LogP contribution in [-0.2, 0) is 4.79 Å². The number of carbonyl (C=O) groups is 2. The molecule has 160 valence electrons. The molecule has 1 saturated heterocycles. The lowest BCUT2D eigenvalue weighted by Crippen LogP contribution is -2.58. The molecule has 1 N–H and O–H groups in total. The molecular formula is C22H31Cl2N3O2. The van der Waals surface area contributed by atoms with Crippen LogP contribution in [0.4, 0.5) is 0 Å². The van der Waals surface area contributed by atoms with Gasteiger partial charge in [-0.2, -0.15) is 0 Å². The first-order valence-electron chi connectivity index (χ1n) is 10.7. The highest BCUT2D eigenvalue weighted by molar-refractivity contribution is 6.42. The molecule has 2 aliphatic rings. The molecule has 1 aliphatic carbocycles. The van der Waals surface area contributed by atoms with Crippen LogP contribution in [-0.4, -0.2) is 59.9 Å². The van der Waals surface area contributed by atoms with Crippen LogP contribution >= 0.6 is 23.2 Å². The van der Waals surface area contributed by atoms with Crippen LogP contribution in [0.3, 0.4) is 0 Å². The molecule has 0 radical (unpaired) electrons. The molecule has 0 spiro atoms. The maximum atomic E-state index is 13.0. The van der Waals surface area contributed by atoms with Gasteiger partial charge in [-0.3, -0.25) is 14.5 Å². The van der Waals surface area contributed by atoms with Crippen molar-refractivity contribution in [3.63, 3.8) is 0 Å². The summed E-state index contributed by atoms with van der Waals surface area (Å²) in [6, 6.07) is 5.09. The topological polar surface area (TPSA) is 52.7 Å². The average molecular weight is 440 g/mol. The van der Waals surface area contributed by atoms with Crippen LogP contribution < -0.4 is 5.32 Å². The zero-order valence-corrected chi connectivity index (χ0v) is 18.8. The van der Waals surface area contributed by atoms with Crippen molar-refractivity contribution in [1.82, 2.24) is 15.1 Å². The molecule has 1 heterocycles. The zero-order chi connectivity index (χ0) is 21.0. The van der Waals surface area contributed by atoms with Crippen LogP contribution in [0, 0.1) is 5.92 Å². The van der Waals surface area contributed by atoms with Gasteiger partial charge in [0.05, 0.1) is 16.1 Å². The Labute approximate surface area is 183 Å². The van der Waals surface area contributed by atoms with Crippen LogP contribution in [0.5, 0.6) is 0 Å². The Morgan fingerprint density at radius 2 is 1.76 bits per heavy atom. The molecule has 1 aromatic carbocycles. The Hall–Kier alpha value is -1.30. The second-order valence-corrected chi connectivity index (χ2v) is 9.08. The van der Waals surface area contributed by atoms with Crippen molar-refractivity contribution in [2.24, 2.45) is 5.92 Å². The average Bonchev–Trinajstić information content (AvgIpc) is 3.24. The largest absolute Gasteiger partial charge is 0.352 e. The van der Waals surface area contributed by atoms with Crippen molar-refractivity contribution in [2.45, 2.75) is 58.0 Å². The lowest BCUT2D eigenvalue weighted by atomic mass is 9.94. The summed E-state index contributed by atoms with van der Waals surface area (Å²) in [6.45, 7) is 6.78. The predicted molar refractivity (Wildman–Crippen MR) is 118 cm³/mol. The number of hydrogen-bond donors (Lipinski definition) is 1. The van der Waals surface area contributed by atoms with E-state index in [2.05, 4.69) is 24.1 Å². The van der Waals surface area contributed by atoms with Gasteiger partial charge in [0.2, 0.25) is 5.91 Å². The Morgan fingerprint density at radius 1 is 1.10 bits per heavy atom. The molecular weight excluding hydrogens is 409 g/mol. The SMILES string of the molecule is CCC(C)NC(=O)C(C1CCCC1)N1CCN(C(=O)c2ccc(Cl)c(Cl)c2)CC1. The van der Waals surface area contributed by atoms with Gasteiger partial charge in [0, 0.05) is 37.8 Å². The fourth-order valence-corrected chi connectivity index (χ4v) is 4.69. The minimum Gasteiger partial charge on any atom is -0.352 e. The summed E-state index contributed by atoms with van der Waals surface area (Å²) in [5.41, 5.74) is 0.551. The smallest absolute Gasteiger partial charge is 0.253 e. The van der Waals surface area contributed by atoms with E-state index in [0.717, 1.165) is 19.3 Å². The lowest BCUT2D eigenvalue weighted by molar-refractivity contribution is -0.129. The highest BCUT2D eigenvalue weighted by atomic mass is 35.5. The van der Waals surface area contributed by atoms with E-state index in [1.807, 2.05) is 4.90 Å². The molecule has 0 aromatic heterocycles. The summed E-state index contributed by atoms with van der Waals surface area (Å²) in [5.74, 6) is 0.525. The van der Waals surface area contributed by atoms with Gasteiger partial charge < -0.3 is 10.2 Å². The maximum Gasteiger partial charge on any atom is 0.253 e. The molecule has 2 unspecified atom stereocenters. The number of nitrogens with zero attached hydrogens (tertiary/aromatic N) is 2. The Morgan fingerprint density at radius 3 is 2.34 bits per heavy atom. The predicted octanol–water partition coefficient (Wildman–Crippen LogP) is 4.22. The van der Waals surface area contributed by atoms with E-state index >= 15 is 0 Å². The van der Waals surface area contributed by atoms with Gasteiger partial charge in [0.15, 0.2) is 0 Å². The van der Waals surface area contributed by atoms with Crippen molar-refractivity contribution in [3.8, 4) is 0 Å². The van der Waals surface area contributed by atoms with E-state index in [4.69, 9.17) is 23.2 Å². The third-order valence-electron chi connectivity index (χ3n) is 6.28. The molecule has 2 fully saturated rings. The van der Waals surface area contributed by atoms with Gasteiger partial charge in [-0.15, -0.1) is 0 Å². The van der Waals surface area contributed by atoms with E-state index in [1.54, 1.807) is 18.2 Å². The monoisotopic (exact) mass is 439 g/mol. The summed E-state index contributed by atoms with van der Waals surface area (Å²) in [4.78, 5) is 30.0. The number of amides is 2. The van der Waals surface area contributed by atoms with Crippen LogP contribution in [0.15, 0.2) is 18.2 Å². The normalized spacial score (nSPS) is 20.5. The molecule has 1 aliphatic heterocycles. The number of benzene rings is 1. The summed E-state index contributed by atoms with van der Waals surface area (Å²) < 4.78 is 0. The van der Waals surface area contributed by atoms with E-state index in [1.165, 1.54) is 12.8 Å². The van der Waals surface area contributed by atoms with E-state index in [-0.39, 0.29) is 23.9 Å². The molecule has 1 saturated carbocycles. The Bertz CT molecular complexity index is 729. The molecule has 0 bridgehead atoms. The minimum atomic E-state index is -0.0891. The molecule has 3 rings (SSSR count). The maximum absolute atomic E-state index is 13.0. The van der Waals surface area contributed by atoms with Crippen molar-refractivity contribution in [2.75, 3.05) is 26.2 Å². The Balaban J connectivity index is 1.65. The molecule has 29 heavy (non-hydrogen) atoms. The number of halogens is 2. The number of carbonyl (C=O) groups excluding carboxylic acids is 2. The van der Waals surface area contributed by atoms with Crippen LogP contribution in [0.1, 0.15) is 56.3 Å². The fourth-order valence-electron chi connectivity index (χ4n) is 4.40. The van der Waals surface area contributed by atoms with Gasteiger partial charge in [-0.25, -0.2) is 0 Å².